The molecule has 0 aliphatic heterocycles. The van der Waals surface area contributed by atoms with Crippen molar-refractivity contribution in [2.24, 2.45) is 0 Å². The van der Waals surface area contributed by atoms with Gasteiger partial charge in [-0.05, 0) is 43.9 Å². The van der Waals surface area contributed by atoms with Gasteiger partial charge in [0.15, 0.2) is 0 Å². The van der Waals surface area contributed by atoms with Gasteiger partial charge in [-0.3, -0.25) is 9.69 Å². The Morgan fingerprint density at radius 1 is 0.824 bits per heavy atom. The Morgan fingerprint density at radius 3 is 1.97 bits per heavy atom. The third kappa shape index (κ3) is 8.12. The summed E-state index contributed by atoms with van der Waals surface area (Å²) in [5.41, 5.74) is 3.59. The first-order valence-corrected chi connectivity index (χ1v) is 12.2. The van der Waals surface area contributed by atoms with E-state index in [0.717, 1.165) is 18.5 Å². The largest absolute Gasteiger partial charge is 0.466 e. The zero-order chi connectivity index (χ0) is 24.2. The monoisotopic (exact) mass is 459 g/mol. The molecule has 4 nitrogen and oxygen atoms in total. The van der Waals surface area contributed by atoms with E-state index in [9.17, 15) is 4.79 Å². The van der Waals surface area contributed by atoms with E-state index >= 15 is 0 Å². The Balaban J connectivity index is 1.82. The van der Waals surface area contributed by atoms with Crippen molar-refractivity contribution < 1.29 is 14.3 Å². The summed E-state index contributed by atoms with van der Waals surface area (Å²) in [6.45, 7) is 7.85. The SMILES string of the molecule is CCOC(=O)C[C@H](C[C@H](C)OCc1ccccc1)N(Cc1ccccc1)[C@@H](C)c1ccccc1. The quantitative estimate of drug-likeness (QED) is 0.271. The molecule has 0 aromatic heterocycles. The normalized spacial score (nSPS) is 13.9. The highest BCUT2D eigenvalue weighted by molar-refractivity contribution is 5.70. The number of ether oxygens (including phenoxy) is 2. The lowest BCUT2D eigenvalue weighted by Crippen LogP contribution is -2.41. The molecule has 3 rings (SSSR count). The lowest BCUT2D eigenvalue weighted by Gasteiger charge is -2.38. The number of benzene rings is 3. The summed E-state index contributed by atoms with van der Waals surface area (Å²) < 4.78 is 11.6. The van der Waals surface area contributed by atoms with Crippen LogP contribution in [0.2, 0.25) is 0 Å². The third-order valence-corrected chi connectivity index (χ3v) is 6.15. The minimum atomic E-state index is -0.166. The van der Waals surface area contributed by atoms with Crippen LogP contribution in [0.3, 0.4) is 0 Å². The molecule has 0 N–H and O–H groups in total. The van der Waals surface area contributed by atoms with E-state index in [1.54, 1.807) is 0 Å². The molecule has 0 heterocycles. The van der Waals surface area contributed by atoms with Gasteiger partial charge < -0.3 is 9.47 Å². The second kappa shape index (κ2) is 13.7. The van der Waals surface area contributed by atoms with Crippen LogP contribution in [-0.2, 0) is 27.4 Å². The molecule has 4 heteroatoms. The van der Waals surface area contributed by atoms with Crippen LogP contribution in [0.15, 0.2) is 91.0 Å². The van der Waals surface area contributed by atoms with E-state index in [0.29, 0.717) is 19.6 Å². The van der Waals surface area contributed by atoms with Gasteiger partial charge in [0.05, 0.1) is 25.7 Å². The number of hydrogen-bond donors (Lipinski definition) is 0. The second-order valence-electron chi connectivity index (χ2n) is 8.75. The van der Waals surface area contributed by atoms with Crippen molar-refractivity contribution in [3.63, 3.8) is 0 Å². The molecule has 0 saturated carbocycles. The molecule has 180 valence electrons. The number of hydrogen-bond acceptors (Lipinski definition) is 4. The molecule has 0 amide bonds. The van der Waals surface area contributed by atoms with Crippen molar-refractivity contribution in [2.45, 2.75) is 65.0 Å². The van der Waals surface area contributed by atoms with Gasteiger partial charge in [0.1, 0.15) is 0 Å². The van der Waals surface area contributed by atoms with Crippen LogP contribution in [-0.4, -0.2) is 29.6 Å². The van der Waals surface area contributed by atoms with Gasteiger partial charge in [-0.2, -0.15) is 0 Å². The van der Waals surface area contributed by atoms with E-state index in [2.05, 4.69) is 79.4 Å². The average Bonchev–Trinajstić information content (AvgIpc) is 2.87. The summed E-state index contributed by atoms with van der Waals surface area (Å²) in [5.74, 6) is -0.166. The Kier molecular flexibility index (Phi) is 10.3. The first-order valence-electron chi connectivity index (χ1n) is 12.2. The van der Waals surface area contributed by atoms with Crippen LogP contribution in [0.25, 0.3) is 0 Å². The summed E-state index contributed by atoms with van der Waals surface area (Å²) in [7, 11) is 0. The number of esters is 1. The summed E-state index contributed by atoms with van der Waals surface area (Å²) >= 11 is 0. The molecular formula is C30H37NO3. The Labute approximate surface area is 204 Å². The van der Waals surface area contributed by atoms with E-state index in [1.807, 2.05) is 37.3 Å². The molecular weight excluding hydrogens is 422 g/mol. The van der Waals surface area contributed by atoms with E-state index < -0.39 is 0 Å². The fourth-order valence-corrected chi connectivity index (χ4v) is 4.31. The maximum atomic E-state index is 12.6. The molecule has 0 unspecified atom stereocenters. The topological polar surface area (TPSA) is 38.8 Å². The molecule has 0 fully saturated rings. The van der Waals surface area contributed by atoms with Crippen molar-refractivity contribution in [1.29, 1.82) is 0 Å². The van der Waals surface area contributed by atoms with Gasteiger partial charge >= 0.3 is 5.97 Å². The van der Waals surface area contributed by atoms with Crippen LogP contribution in [0.4, 0.5) is 0 Å². The van der Waals surface area contributed by atoms with Crippen LogP contribution >= 0.6 is 0 Å². The minimum Gasteiger partial charge on any atom is -0.466 e. The van der Waals surface area contributed by atoms with E-state index in [4.69, 9.17) is 9.47 Å². The van der Waals surface area contributed by atoms with E-state index in [-0.39, 0.29) is 24.2 Å². The van der Waals surface area contributed by atoms with Crippen LogP contribution in [0.1, 0.15) is 56.3 Å². The fourth-order valence-electron chi connectivity index (χ4n) is 4.31. The molecule has 34 heavy (non-hydrogen) atoms. The fraction of sp³-hybridized carbons (Fsp3) is 0.367. The summed E-state index contributed by atoms with van der Waals surface area (Å²) in [5, 5.41) is 0. The first-order chi connectivity index (χ1) is 16.6. The highest BCUT2D eigenvalue weighted by atomic mass is 16.5. The van der Waals surface area contributed by atoms with Gasteiger partial charge in [-0.25, -0.2) is 0 Å². The van der Waals surface area contributed by atoms with Crippen molar-refractivity contribution in [2.75, 3.05) is 6.61 Å². The Hall–Kier alpha value is -2.95. The zero-order valence-corrected chi connectivity index (χ0v) is 20.6. The van der Waals surface area contributed by atoms with Gasteiger partial charge in [-0.15, -0.1) is 0 Å². The zero-order valence-electron chi connectivity index (χ0n) is 20.6. The van der Waals surface area contributed by atoms with Crippen LogP contribution in [0, 0.1) is 0 Å². The van der Waals surface area contributed by atoms with Crippen molar-refractivity contribution in [3.05, 3.63) is 108 Å². The van der Waals surface area contributed by atoms with Gasteiger partial charge in [0.25, 0.3) is 0 Å². The molecule has 0 bridgehead atoms. The molecule has 0 aliphatic carbocycles. The predicted octanol–water partition coefficient (Wildman–Crippen LogP) is 6.57. The minimum absolute atomic E-state index is 0.0131. The number of carbonyl (C=O) groups is 1. The molecule has 0 radical (unpaired) electrons. The lowest BCUT2D eigenvalue weighted by atomic mass is 9.98. The molecule has 3 aromatic rings. The Bertz CT molecular complexity index is 962. The van der Waals surface area contributed by atoms with E-state index in [1.165, 1.54) is 11.1 Å². The van der Waals surface area contributed by atoms with Crippen molar-refractivity contribution in [3.8, 4) is 0 Å². The van der Waals surface area contributed by atoms with Gasteiger partial charge in [-0.1, -0.05) is 91.0 Å². The van der Waals surface area contributed by atoms with Crippen molar-refractivity contribution in [1.82, 2.24) is 4.90 Å². The Morgan fingerprint density at radius 2 is 1.38 bits per heavy atom. The molecule has 3 atom stereocenters. The molecule has 0 saturated heterocycles. The van der Waals surface area contributed by atoms with Gasteiger partial charge in [0.2, 0.25) is 0 Å². The molecule has 3 aromatic carbocycles. The summed E-state index contributed by atoms with van der Waals surface area (Å²) in [6.07, 6.45) is 1.05. The molecule has 0 spiro atoms. The van der Waals surface area contributed by atoms with Crippen LogP contribution in [0.5, 0.6) is 0 Å². The number of nitrogens with zero attached hydrogens (tertiary/aromatic N) is 1. The van der Waals surface area contributed by atoms with Gasteiger partial charge in [0, 0.05) is 18.6 Å². The standard InChI is InChI=1S/C30H37NO3/c1-4-33-30(32)21-29(20-24(2)34-23-27-16-10-6-11-17-27)31(22-26-14-8-5-9-15-26)25(3)28-18-12-7-13-19-28/h5-19,24-25,29H,4,20-23H2,1-3H3/t24-,25-,29-/m0/s1. The molecule has 0 aliphatic rings. The highest BCUT2D eigenvalue weighted by Crippen LogP contribution is 2.29. The summed E-state index contributed by atoms with van der Waals surface area (Å²) in [6, 6.07) is 31.2. The number of carbonyl (C=O) groups excluding carboxylic acids is 1. The smallest absolute Gasteiger partial charge is 0.307 e. The maximum absolute atomic E-state index is 12.6. The third-order valence-electron chi connectivity index (χ3n) is 6.15. The van der Waals surface area contributed by atoms with Crippen molar-refractivity contribution >= 4 is 5.97 Å². The second-order valence-corrected chi connectivity index (χ2v) is 8.75. The first kappa shape index (κ1) is 25.7. The average molecular weight is 460 g/mol. The number of rotatable bonds is 13. The maximum Gasteiger partial charge on any atom is 0.307 e. The summed E-state index contributed by atoms with van der Waals surface area (Å²) in [4.78, 5) is 15.1. The predicted molar refractivity (Wildman–Crippen MR) is 137 cm³/mol. The lowest BCUT2D eigenvalue weighted by molar-refractivity contribution is -0.145. The highest BCUT2D eigenvalue weighted by Gasteiger charge is 2.29. The van der Waals surface area contributed by atoms with Crippen LogP contribution < -0.4 is 0 Å².